The lowest BCUT2D eigenvalue weighted by Gasteiger charge is -2.27. The fraction of sp³-hybridized carbons (Fsp3) is 0.0909. The van der Waals surface area contributed by atoms with Gasteiger partial charge in [0.2, 0.25) is 0 Å². The fourth-order valence-corrected chi connectivity index (χ4v) is 3.17. The first-order valence-corrected chi connectivity index (χ1v) is 8.42. The third-order valence-corrected chi connectivity index (χ3v) is 4.50. The molecule has 4 heteroatoms. The van der Waals surface area contributed by atoms with Crippen molar-refractivity contribution < 1.29 is 9.53 Å². The molecule has 0 radical (unpaired) electrons. The molecular weight excluding hydrogens is 324 g/mol. The lowest BCUT2D eigenvalue weighted by molar-refractivity contribution is 0.0600. The van der Waals surface area contributed by atoms with Crippen LogP contribution in [0.5, 0.6) is 0 Å². The van der Waals surface area contributed by atoms with Crippen LogP contribution in [-0.4, -0.2) is 18.1 Å². The van der Waals surface area contributed by atoms with Gasteiger partial charge < -0.3 is 9.64 Å². The molecule has 0 spiro atoms. The molecule has 128 valence electrons. The van der Waals surface area contributed by atoms with Gasteiger partial charge in [-0.25, -0.2) is 4.79 Å². The number of rotatable bonds is 3. The van der Waals surface area contributed by atoms with Gasteiger partial charge in [0.05, 0.1) is 18.4 Å². The molecule has 0 N–H and O–H groups in total. The minimum Gasteiger partial charge on any atom is -0.465 e. The van der Waals surface area contributed by atoms with Crippen LogP contribution < -0.4 is 4.90 Å². The molecule has 1 aromatic heterocycles. The minimum absolute atomic E-state index is 0.322. The summed E-state index contributed by atoms with van der Waals surface area (Å²) in [5.41, 5.74) is 6.16. The van der Waals surface area contributed by atoms with E-state index in [1.165, 1.54) is 7.11 Å². The zero-order valence-corrected chi connectivity index (χ0v) is 14.4. The van der Waals surface area contributed by atoms with E-state index in [0.717, 1.165) is 28.1 Å². The smallest absolute Gasteiger partial charge is 0.337 e. The lowest BCUT2D eigenvalue weighted by Crippen LogP contribution is -2.18. The molecule has 0 unspecified atom stereocenters. The Kier molecular flexibility index (Phi) is 4.23. The molecule has 4 nitrogen and oxygen atoms in total. The van der Waals surface area contributed by atoms with Crippen LogP contribution in [0.3, 0.4) is 0 Å². The van der Waals surface area contributed by atoms with E-state index in [9.17, 15) is 4.79 Å². The summed E-state index contributed by atoms with van der Waals surface area (Å²) in [5.74, 6) is -0.322. The number of pyridine rings is 1. The number of nitrogens with zero attached hydrogens (tertiary/aromatic N) is 2. The average molecular weight is 342 g/mol. The van der Waals surface area contributed by atoms with E-state index in [1.54, 1.807) is 12.1 Å². The van der Waals surface area contributed by atoms with Crippen LogP contribution in [0, 0.1) is 0 Å². The molecule has 3 aromatic rings. The Morgan fingerprint density at radius 3 is 2.50 bits per heavy atom. The molecule has 26 heavy (non-hydrogen) atoms. The quantitative estimate of drug-likeness (QED) is 0.648. The number of anilines is 2. The lowest BCUT2D eigenvalue weighted by atomic mass is 10.1. The van der Waals surface area contributed by atoms with Gasteiger partial charge in [-0.15, -0.1) is 0 Å². The number of esters is 1. The molecule has 4 rings (SSSR count). The number of benzene rings is 2. The summed E-state index contributed by atoms with van der Waals surface area (Å²) in [5, 5.41) is 0. The minimum atomic E-state index is -0.322. The molecule has 2 aromatic carbocycles. The van der Waals surface area contributed by atoms with Crippen molar-refractivity contribution in [2.45, 2.75) is 6.54 Å². The SMILES string of the molecule is COC(=O)c1ccc(CN2c3ccccc3C=Cc3cnccc32)cc1. The molecular formula is C22H18N2O2. The molecule has 0 aliphatic carbocycles. The van der Waals surface area contributed by atoms with Crippen molar-refractivity contribution in [2.24, 2.45) is 0 Å². The molecule has 0 fully saturated rings. The van der Waals surface area contributed by atoms with Crippen LogP contribution in [-0.2, 0) is 11.3 Å². The van der Waals surface area contributed by atoms with Crippen LogP contribution >= 0.6 is 0 Å². The van der Waals surface area contributed by atoms with Crippen LogP contribution in [0.1, 0.15) is 27.0 Å². The van der Waals surface area contributed by atoms with E-state index in [0.29, 0.717) is 12.1 Å². The number of fused-ring (bicyclic) bond motifs is 2. The molecule has 0 amide bonds. The van der Waals surface area contributed by atoms with Crippen molar-refractivity contribution in [1.82, 2.24) is 4.98 Å². The van der Waals surface area contributed by atoms with Crippen LogP contribution in [0.15, 0.2) is 67.0 Å². The first-order chi connectivity index (χ1) is 12.8. The highest BCUT2D eigenvalue weighted by molar-refractivity contribution is 5.90. The maximum Gasteiger partial charge on any atom is 0.337 e. The number of hydrogen-bond donors (Lipinski definition) is 0. The third kappa shape index (κ3) is 2.97. The van der Waals surface area contributed by atoms with Crippen molar-refractivity contribution in [1.29, 1.82) is 0 Å². The molecule has 0 atom stereocenters. The number of carbonyl (C=O) groups excluding carboxylic acids is 1. The Morgan fingerprint density at radius 1 is 0.962 bits per heavy atom. The normalized spacial score (nSPS) is 12.1. The summed E-state index contributed by atoms with van der Waals surface area (Å²) >= 11 is 0. The predicted molar refractivity (Wildman–Crippen MR) is 103 cm³/mol. The molecule has 2 heterocycles. The maximum atomic E-state index is 11.6. The Bertz CT molecular complexity index is 928. The monoisotopic (exact) mass is 342 g/mol. The van der Waals surface area contributed by atoms with Crippen LogP contribution in [0.2, 0.25) is 0 Å². The zero-order chi connectivity index (χ0) is 17.9. The van der Waals surface area contributed by atoms with Crippen molar-refractivity contribution in [2.75, 3.05) is 12.0 Å². The van der Waals surface area contributed by atoms with Crippen LogP contribution in [0.25, 0.3) is 12.2 Å². The van der Waals surface area contributed by atoms with Crippen molar-refractivity contribution in [3.8, 4) is 0 Å². The van der Waals surface area contributed by atoms with Gasteiger partial charge in [0, 0.05) is 30.2 Å². The van der Waals surface area contributed by atoms with Gasteiger partial charge in [0.25, 0.3) is 0 Å². The summed E-state index contributed by atoms with van der Waals surface area (Å²) in [4.78, 5) is 18.2. The van der Waals surface area contributed by atoms with E-state index in [-0.39, 0.29) is 5.97 Å². The summed E-state index contributed by atoms with van der Waals surface area (Å²) in [7, 11) is 1.39. The summed E-state index contributed by atoms with van der Waals surface area (Å²) < 4.78 is 4.77. The van der Waals surface area contributed by atoms with Crippen molar-refractivity contribution >= 4 is 29.5 Å². The van der Waals surface area contributed by atoms with Crippen LogP contribution in [0.4, 0.5) is 11.4 Å². The van der Waals surface area contributed by atoms with Gasteiger partial charge in [0.1, 0.15) is 0 Å². The Hall–Kier alpha value is -3.40. The highest BCUT2D eigenvalue weighted by Gasteiger charge is 2.18. The number of hydrogen-bond acceptors (Lipinski definition) is 4. The standard InChI is InChI=1S/C22H18N2O2/c1-26-22(25)18-8-6-16(7-9-18)15-24-20-5-3-2-4-17(20)10-11-19-14-23-13-12-21(19)24/h2-14H,15H2,1H3. The Labute approximate surface area is 152 Å². The summed E-state index contributed by atoms with van der Waals surface area (Å²) in [6.45, 7) is 0.692. The second-order valence-electron chi connectivity index (χ2n) is 6.10. The van der Waals surface area contributed by atoms with E-state index in [4.69, 9.17) is 4.74 Å². The highest BCUT2D eigenvalue weighted by atomic mass is 16.5. The van der Waals surface area contributed by atoms with Gasteiger partial charge in [-0.2, -0.15) is 0 Å². The first kappa shape index (κ1) is 16.1. The fourth-order valence-electron chi connectivity index (χ4n) is 3.17. The second-order valence-corrected chi connectivity index (χ2v) is 6.10. The van der Waals surface area contributed by atoms with Gasteiger partial charge in [-0.3, -0.25) is 4.98 Å². The second kappa shape index (κ2) is 6.84. The van der Waals surface area contributed by atoms with Crippen molar-refractivity contribution in [3.63, 3.8) is 0 Å². The summed E-state index contributed by atoms with van der Waals surface area (Å²) in [6, 6.07) is 17.9. The van der Waals surface area contributed by atoms with E-state index < -0.39 is 0 Å². The molecule has 1 aliphatic heterocycles. The molecule has 0 saturated carbocycles. The predicted octanol–water partition coefficient (Wildman–Crippen LogP) is 4.69. The average Bonchev–Trinajstić information content (AvgIpc) is 2.86. The third-order valence-electron chi connectivity index (χ3n) is 4.50. The number of ether oxygens (including phenoxy) is 1. The molecule has 1 aliphatic rings. The summed E-state index contributed by atoms with van der Waals surface area (Å²) in [6.07, 6.45) is 7.91. The largest absolute Gasteiger partial charge is 0.465 e. The highest BCUT2D eigenvalue weighted by Crippen LogP contribution is 2.36. The van der Waals surface area contributed by atoms with Crippen molar-refractivity contribution in [3.05, 3.63) is 89.2 Å². The first-order valence-electron chi connectivity index (χ1n) is 8.42. The van der Waals surface area contributed by atoms with E-state index >= 15 is 0 Å². The Morgan fingerprint density at radius 2 is 1.69 bits per heavy atom. The topological polar surface area (TPSA) is 42.4 Å². The number of aromatic nitrogens is 1. The maximum absolute atomic E-state index is 11.6. The zero-order valence-electron chi connectivity index (χ0n) is 14.4. The number of para-hydroxylation sites is 1. The number of carbonyl (C=O) groups is 1. The number of methoxy groups -OCH3 is 1. The van der Waals surface area contributed by atoms with Gasteiger partial charge in [-0.05, 0) is 35.4 Å². The van der Waals surface area contributed by atoms with E-state index in [2.05, 4.69) is 34.2 Å². The van der Waals surface area contributed by atoms with E-state index in [1.807, 2.05) is 42.7 Å². The van der Waals surface area contributed by atoms with Gasteiger partial charge >= 0.3 is 5.97 Å². The Balaban J connectivity index is 1.74. The van der Waals surface area contributed by atoms with Gasteiger partial charge in [-0.1, -0.05) is 42.5 Å². The molecule has 0 saturated heterocycles. The van der Waals surface area contributed by atoms with Gasteiger partial charge in [0.15, 0.2) is 0 Å². The molecule has 0 bridgehead atoms.